The summed E-state index contributed by atoms with van der Waals surface area (Å²) in [5.41, 5.74) is 6.21. The third-order valence-corrected chi connectivity index (χ3v) is 4.79. The summed E-state index contributed by atoms with van der Waals surface area (Å²) in [4.78, 5) is 22.3. The molecule has 138 valence electrons. The van der Waals surface area contributed by atoms with Crippen LogP contribution in [0.1, 0.15) is 65.7 Å². The number of aldehydes is 1. The molecule has 4 heteroatoms. The molecule has 1 aromatic carbocycles. The molecule has 25 heavy (non-hydrogen) atoms. The van der Waals surface area contributed by atoms with Crippen molar-refractivity contribution in [3.05, 3.63) is 39.5 Å². The predicted molar refractivity (Wildman–Crippen MR) is 103 cm³/mol. The molecule has 0 saturated carbocycles. The van der Waals surface area contributed by atoms with Crippen molar-refractivity contribution in [1.29, 1.82) is 0 Å². The van der Waals surface area contributed by atoms with Crippen molar-refractivity contribution in [2.24, 2.45) is 0 Å². The Kier molecular flexibility index (Phi) is 8.39. The zero-order valence-electron chi connectivity index (χ0n) is 16.4. The van der Waals surface area contributed by atoms with Crippen LogP contribution in [0.3, 0.4) is 0 Å². The standard InChI is InChI=1S/C21H31NO3/c1-14(9-7-8-12-22-18(5)24)10-11-19-17(4)20(13-23)15(2)16(3)21(19)25-6/h10,13H,7-9,11-12H2,1-6H3,(H,22,24)/b14-10+. The number of hydrogen-bond acceptors (Lipinski definition) is 3. The molecule has 0 unspecified atom stereocenters. The lowest BCUT2D eigenvalue weighted by Gasteiger charge is -2.18. The van der Waals surface area contributed by atoms with Gasteiger partial charge in [-0.3, -0.25) is 9.59 Å². The lowest BCUT2D eigenvalue weighted by molar-refractivity contribution is -0.118. The molecule has 0 aliphatic heterocycles. The maximum atomic E-state index is 11.5. The zero-order chi connectivity index (χ0) is 19.0. The fraction of sp³-hybridized carbons (Fsp3) is 0.524. The molecule has 0 radical (unpaired) electrons. The Labute approximate surface area is 151 Å². The van der Waals surface area contributed by atoms with Crippen LogP contribution in [0.2, 0.25) is 0 Å². The Bertz CT molecular complexity index is 660. The van der Waals surface area contributed by atoms with E-state index in [9.17, 15) is 9.59 Å². The summed E-state index contributed by atoms with van der Waals surface area (Å²) in [5.74, 6) is 0.908. The Hall–Kier alpha value is -2.10. The Morgan fingerprint density at radius 1 is 1.08 bits per heavy atom. The number of amides is 1. The number of nitrogens with one attached hydrogen (secondary N) is 1. The van der Waals surface area contributed by atoms with Crippen molar-refractivity contribution < 1.29 is 14.3 Å². The van der Waals surface area contributed by atoms with Gasteiger partial charge in [-0.05, 0) is 70.1 Å². The SMILES string of the molecule is COc1c(C)c(C)c(C=O)c(C)c1C/C=C(\C)CCCCNC(C)=O. The first kappa shape index (κ1) is 20.9. The number of rotatable bonds is 9. The first-order valence-corrected chi connectivity index (χ1v) is 8.85. The van der Waals surface area contributed by atoms with Gasteiger partial charge in [0.15, 0.2) is 6.29 Å². The van der Waals surface area contributed by atoms with E-state index in [1.165, 1.54) is 12.5 Å². The largest absolute Gasteiger partial charge is 0.496 e. The van der Waals surface area contributed by atoms with Gasteiger partial charge < -0.3 is 10.1 Å². The monoisotopic (exact) mass is 345 g/mol. The van der Waals surface area contributed by atoms with Crippen LogP contribution >= 0.6 is 0 Å². The summed E-state index contributed by atoms with van der Waals surface area (Å²) in [6.45, 7) is 10.4. The Morgan fingerprint density at radius 2 is 1.76 bits per heavy atom. The van der Waals surface area contributed by atoms with Crippen LogP contribution in [-0.4, -0.2) is 25.8 Å². The minimum absolute atomic E-state index is 0.0237. The number of unbranched alkanes of at least 4 members (excludes halogenated alkanes) is 1. The van der Waals surface area contributed by atoms with Crippen molar-refractivity contribution in [3.8, 4) is 5.75 Å². The molecule has 1 aromatic rings. The average molecular weight is 345 g/mol. The fourth-order valence-electron chi connectivity index (χ4n) is 3.08. The van der Waals surface area contributed by atoms with Gasteiger partial charge in [0.1, 0.15) is 5.75 Å². The van der Waals surface area contributed by atoms with E-state index < -0.39 is 0 Å². The lowest BCUT2D eigenvalue weighted by atomic mass is 9.91. The highest BCUT2D eigenvalue weighted by Gasteiger charge is 2.16. The fourth-order valence-corrected chi connectivity index (χ4v) is 3.08. The van der Waals surface area contributed by atoms with E-state index in [-0.39, 0.29) is 5.91 Å². The average Bonchev–Trinajstić information content (AvgIpc) is 2.56. The smallest absolute Gasteiger partial charge is 0.216 e. The second-order valence-corrected chi connectivity index (χ2v) is 6.61. The molecule has 0 aliphatic carbocycles. The van der Waals surface area contributed by atoms with Crippen LogP contribution in [0.5, 0.6) is 5.75 Å². The van der Waals surface area contributed by atoms with E-state index in [4.69, 9.17) is 4.74 Å². The number of carbonyl (C=O) groups is 2. The van der Waals surface area contributed by atoms with Crippen LogP contribution in [-0.2, 0) is 11.2 Å². The molecule has 0 bridgehead atoms. The highest BCUT2D eigenvalue weighted by Crippen LogP contribution is 2.33. The maximum absolute atomic E-state index is 11.5. The van der Waals surface area contributed by atoms with E-state index in [2.05, 4.69) is 18.3 Å². The molecule has 1 amide bonds. The van der Waals surface area contributed by atoms with Gasteiger partial charge in [0.2, 0.25) is 5.91 Å². The highest BCUT2D eigenvalue weighted by molar-refractivity contribution is 5.82. The van der Waals surface area contributed by atoms with E-state index in [1.54, 1.807) is 7.11 Å². The first-order valence-electron chi connectivity index (χ1n) is 8.85. The summed E-state index contributed by atoms with van der Waals surface area (Å²) < 4.78 is 5.62. The normalized spacial score (nSPS) is 11.4. The minimum Gasteiger partial charge on any atom is -0.496 e. The molecule has 4 nitrogen and oxygen atoms in total. The van der Waals surface area contributed by atoms with Crippen LogP contribution in [0, 0.1) is 20.8 Å². The molecular formula is C21H31NO3. The van der Waals surface area contributed by atoms with E-state index in [1.807, 2.05) is 20.8 Å². The van der Waals surface area contributed by atoms with Crippen molar-refractivity contribution in [1.82, 2.24) is 5.32 Å². The summed E-state index contributed by atoms with van der Waals surface area (Å²) in [6.07, 6.45) is 6.95. The summed E-state index contributed by atoms with van der Waals surface area (Å²) in [6, 6.07) is 0. The van der Waals surface area contributed by atoms with Gasteiger partial charge in [0.05, 0.1) is 7.11 Å². The van der Waals surface area contributed by atoms with Gasteiger partial charge in [-0.15, -0.1) is 0 Å². The molecule has 0 heterocycles. The zero-order valence-corrected chi connectivity index (χ0v) is 16.4. The van der Waals surface area contributed by atoms with Crippen LogP contribution < -0.4 is 10.1 Å². The van der Waals surface area contributed by atoms with Crippen molar-refractivity contribution in [3.63, 3.8) is 0 Å². The van der Waals surface area contributed by atoms with Gasteiger partial charge in [-0.2, -0.15) is 0 Å². The topological polar surface area (TPSA) is 55.4 Å². The summed E-state index contributed by atoms with van der Waals surface area (Å²) >= 11 is 0. The van der Waals surface area contributed by atoms with Crippen LogP contribution in [0.4, 0.5) is 0 Å². The molecular weight excluding hydrogens is 314 g/mol. The molecule has 0 aliphatic rings. The highest BCUT2D eigenvalue weighted by atomic mass is 16.5. The van der Waals surface area contributed by atoms with Gasteiger partial charge in [0, 0.05) is 24.6 Å². The van der Waals surface area contributed by atoms with Crippen LogP contribution in [0.25, 0.3) is 0 Å². The number of ether oxygens (including phenoxy) is 1. The lowest BCUT2D eigenvalue weighted by Crippen LogP contribution is -2.20. The Morgan fingerprint density at radius 3 is 2.32 bits per heavy atom. The van der Waals surface area contributed by atoms with Gasteiger partial charge >= 0.3 is 0 Å². The number of carbonyl (C=O) groups excluding carboxylic acids is 2. The van der Waals surface area contributed by atoms with Crippen molar-refractivity contribution in [2.75, 3.05) is 13.7 Å². The predicted octanol–water partition coefficient (Wildman–Crippen LogP) is 4.23. The molecule has 0 saturated heterocycles. The summed E-state index contributed by atoms with van der Waals surface area (Å²) in [7, 11) is 1.68. The van der Waals surface area contributed by atoms with E-state index in [0.29, 0.717) is 0 Å². The molecule has 0 fully saturated rings. The van der Waals surface area contributed by atoms with Gasteiger partial charge in [-0.1, -0.05) is 11.6 Å². The molecule has 1 rings (SSSR count). The van der Waals surface area contributed by atoms with Gasteiger partial charge in [-0.25, -0.2) is 0 Å². The maximum Gasteiger partial charge on any atom is 0.216 e. The quantitative estimate of drug-likeness (QED) is 0.414. The number of allylic oxidation sites excluding steroid dienone is 2. The Balaban J connectivity index is 2.83. The van der Waals surface area contributed by atoms with Crippen molar-refractivity contribution in [2.45, 2.75) is 60.3 Å². The molecule has 0 spiro atoms. The molecule has 1 N–H and O–H groups in total. The second kappa shape index (κ2) is 10.0. The second-order valence-electron chi connectivity index (χ2n) is 6.61. The van der Waals surface area contributed by atoms with Gasteiger partial charge in [0.25, 0.3) is 0 Å². The van der Waals surface area contributed by atoms with E-state index in [0.717, 1.165) is 72.1 Å². The minimum atomic E-state index is 0.0237. The number of benzene rings is 1. The third-order valence-electron chi connectivity index (χ3n) is 4.79. The molecule has 0 atom stereocenters. The number of methoxy groups -OCH3 is 1. The first-order chi connectivity index (χ1) is 11.8. The van der Waals surface area contributed by atoms with Crippen molar-refractivity contribution >= 4 is 12.2 Å². The van der Waals surface area contributed by atoms with Crippen LogP contribution in [0.15, 0.2) is 11.6 Å². The summed E-state index contributed by atoms with van der Waals surface area (Å²) in [5, 5.41) is 2.82. The molecule has 0 aromatic heterocycles. The van der Waals surface area contributed by atoms with E-state index >= 15 is 0 Å². The number of hydrogen-bond donors (Lipinski definition) is 1. The third kappa shape index (κ3) is 5.73.